The predicted molar refractivity (Wildman–Crippen MR) is 139 cm³/mol. The van der Waals surface area contributed by atoms with Gasteiger partial charge >= 0.3 is 5.97 Å². The molecule has 2 atom stereocenters. The number of aliphatic hydroxyl groups excluding tert-OH is 1. The van der Waals surface area contributed by atoms with Crippen molar-refractivity contribution in [2.45, 2.75) is 102 Å². The number of likely N-dealkylation sites (N-methyl/N-ethyl adjacent to an activating group) is 1. The van der Waals surface area contributed by atoms with E-state index in [1.165, 1.54) is 64.2 Å². The number of rotatable bonds is 25. The summed E-state index contributed by atoms with van der Waals surface area (Å²) in [7, 11) is 1.25. The third kappa shape index (κ3) is 26.1. The summed E-state index contributed by atoms with van der Waals surface area (Å²) in [5.41, 5.74) is 0. The number of carbonyl (C=O) groups excluding carboxylic acids is 1. The van der Waals surface area contributed by atoms with Gasteiger partial charge in [0.2, 0.25) is 0 Å². The highest BCUT2D eigenvalue weighted by molar-refractivity contribution is 7.45. The van der Waals surface area contributed by atoms with Crippen LogP contribution in [0, 0.1) is 0 Å². The molecule has 0 amide bonds. The van der Waals surface area contributed by atoms with Crippen molar-refractivity contribution >= 4 is 13.8 Å². The Labute approximate surface area is 214 Å². The molecule has 0 aromatic heterocycles. The van der Waals surface area contributed by atoms with Crippen LogP contribution in [-0.2, 0) is 23.1 Å². The highest BCUT2D eigenvalue weighted by atomic mass is 31.2. The maximum atomic E-state index is 11.8. The van der Waals surface area contributed by atoms with Gasteiger partial charge in [0.05, 0.1) is 27.7 Å². The molecular weight excluding hydrogens is 469 g/mol. The number of unbranched alkanes of at least 4 members (excludes halogenated alkanes) is 13. The van der Waals surface area contributed by atoms with E-state index < -0.39 is 26.5 Å². The quantitative estimate of drug-likeness (QED) is 0.0583. The minimum atomic E-state index is -4.49. The zero-order valence-electron chi connectivity index (χ0n) is 22.6. The van der Waals surface area contributed by atoms with Crippen molar-refractivity contribution in [1.29, 1.82) is 0 Å². The van der Waals surface area contributed by atoms with Crippen LogP contribution in [0.25, 0.3) is 0 Å². The van der Waals surface area contributed by atoms with Crippen molar-refractivity contribution in [3.63, 3.8) is 0 Å². The Kier molecular flexibility index (Phi) is 20.9. The third-order valence-corrected chi connectivity index (χ3v) is 6.63. The summed E-state index contributed by atoms with van der Waals surface area (Å²) in [6, 6.07) is 0. The maximum absolute atomic E-state index is 11.8. The number of nitrogens with zero attached hydrogens (tertiary/aromatic N) is 1. The second kappa shape index (κ2) is 21.3. The van der Waals surface area contributed by atoms with E-state index in [4.69, 9.17) is 9.26 Å². The second-order valence-electron chi connectivity index (χ2n) is 10.4. The van der Waals surface area contributed by atoms with Gasteiger partial charge < -0.3 is 28.3 Å². The van der Waals surface area contributed by atoms with Crippen molar-refractivity contribution in [3.05, 3.63) is 12.7 Å². The van der Waals surface area contributed by atoms with Crippen LogP contribution in [0.3, 0.4) is 0 Å². The Morgan fingerprint density at radius 3 is 1.86 bits per heavy atom. The molecule has 0 heterocycles. The summed E-state index contributed by atoms with van der Waals surface area (Å²) in [6.07, 6.45) is 18.1. The van der Waals surface area contributed by atoms with Gasteiger partial charge in [-0.2, -0.15) is 0 Å². The molecule has 0 bridgehead atoms. The number of phosphoric acid groups is 1. The van der Waals surface area contributed by atoms with Crippen molar-refractivity contribution in [1.82, 2.24) is 0 Å². The molecule has 9 heteroatoms. The summed E-state index contributed by atoms with van der Waals surface area (Å²) in [5.74, 6) is -0.391. The molecule has 0 spiro atoms. The van der Waals surface area contributed by atoms with Crippen LogP contribution in [0.5, 0.6) is 0 Å². The van der Waals surface area contributed by atoms with Gasteiger partial charge in [0, 0.05) is 6.42 Å². The first-order chi connectivity index (χ1) is 16.6. The van der Waals surface area contributed by atoms with Crippen LogP contribution >= 0.6 is 7.82 Å². The van der Waals surface area contributed by atoms with Gasteiger partial charge in [-0.25, -0.2) is 0 Å². The largest absolute Gasteiger partial charge is 0.756 e. The number of ether oxygens (including phenoxy) is 1. The number of allylic oxidation sites excluding steroid dienone is 1. The Bertz CT molecular complexity index is 581. The molecule has 0 aromatic rings. The third-order valence-electron chi connectivity index (χ3n) is 5.66. The molecule has 0 rings (SSSR count). The summed E-state index contributed by atoms with van der Waals surface area (Å²) in [6.45, 7) is 3.43. The number of hydrogen-bond acceptors (Lipinski definition) is 7. The van der Waals surface area contributed by atoms with Crippen molar-refractivity contribution in [2.24, 2.45) is 0 Å². The normalized spacial score (nSPS) is 14.4. The van der Waals surface area contributed by atoms with E-state index in [2.05, 4.69) is 11.1 Å². The number of esters is 1. The van der Waals surface area contributed by atoms with Gasteiger partial charge in [-0.05, 0) is 19.3 Å². The van der Waals surface area contributed by atoms with E-state index >= 15 is 0 Å². The zero-order chi connectivity index (χ0) is 26.4. The first kappa shape index (κ1) is 34.2. The van der Waals surface area contributed by atoms with Crippen LogP contribution in [-0.4, -0.2) is 69.2 Å². The fourth-order valence-electron chi connectivity index (χ4n) is 3.45. The molecular formula is C26H52NO7P. The van der Waals surface area contributed by atoms with Gasteiger partial charge in [0.1, 0.15) is 25.9 Å². The van der Waals surface area contributed by atoms with Gasteiger partial charge in [-0.1, -0.05) is 76.7 Å². The van der Waals surface area contributed by atoms with Crippen LogP contribution in [0.2, 0.25) is 0 Å². The fourth-order valence-corrected chi connectivity index (χ4v) is 4.19. The molecule has 8 nitrogen and oxygen atoms in total. The molecule has 0 radical (unpaired) electrons. The number of hydrogen-bond donors (Lipinski definition) is 1. The number of quaternary nitrogens is 1. The van der Waals surface area contributed by atoms with Gasteiger partial charge in [-0.15, -0.1) is 6.58 Å². The lowest BCUT2D eigenvalue weighted by atomic mass is 10.0. The van der Waals surface area contributed by atoms with Gasteiger partial charge in [-0.3, -0.25) is 9.36 Å². The predicted octanol–water partition coefficient (Wildman–Crippen LogP) is 5.14. The van der Waals surface area contributed by atoms with Crippen LogP contribution in [0.4, 0.5) is 0 Å². The molecule has 0 fully saturated rings. The van der Waals surface area contributed by atoms with Crippen LogP contribution < -0.4 is 4.89 Å². The lowest BCUT2D eigenvalue weighted by Crippen LogP contribution is -2.37. The summed E-state index contributed by atoms with van der Waals surface area (Å²) >= 11 is 0. The van der Waals surface area contributed by atoms with Crippen molar-refractivity contribution in [3.8, 4) is 0 Å². The monoisotopic (exact) mass is 521 g/mol. The number of phosphoric ester groups is 1. The molecule has 0 aliphatic rings. The number of carbonyl (C=O) groups is 1. The molecule has 208 valence electrons. The van der Waals surface area contributed by atoms with E-state index in [9.17, 15) is 19.4 Å². The van der Waals surface area contributed by atoms with Crippen LogP contribution in [0.15, 0.2) is 12.7 Å². The molecule has 0 aliphatic carbocycles. The van der Waals surface area contributed by atoms with E-state index in [-0.39, 0.29) is 13.2 Å². The molecule has 35 heavy (non-hydrogen) atoms. The lowest BCUT2D eigenvalue weighted by molar-refractivity contribution is -0.870. The highest BCUT2D eigenvalue weighted by Crippen LogP contribution is 2.38. The van der Waals surface area contributed by atoms with E-state index in [0.717, 1.165) is 25.7 Å². The molecule has 1 N–H and O–H groups in total. The average Bonchev–Trinajstić information content (AvgIpc) is 2.78. The van der Waals surface area contributed by atoms with E-state index in [1.54, 1.807) is 0 Å². The molecule has 0 saturated carbocycles. The standard InChI is InChI=1S/C26H52NO7P/c1-5-6-7-8-9-10-11-12-13-14-15-16-17-18-19-20-26(29)32-23-25(28)24-34-35(30,31)33-22-21-27(2,3)4/h5,25,28H,1,6-24H2,2-4H3/t25-/m1/s1. The smallest absolute Gasteiger partial charge is 0.305 e. The van der Waals surface area contributed by atoms with Crippen molar-refractivity contribution < 1.29 is 37.6 Å². The highest BCUT2D eigenvalue weighted by Gasteiger charge is 2.16. The fraction of sp³-hybridized carbons (Fsp3) is 0.885. The van der Waals surface area contributed by atoms with E-state index in [1.807, 2.05) is 27.2 Å². The molecule has 0 saturated heterocycles. The van der Waals surface area contributed by atoms with Gasteiger partial charge in [0.25, 0.3) is 7.82 Å². The van der Waals surface area contributed by atoms with Crippen LogP contribution in [0.1, 0.15) is 96.3 Å². The van der Waals surface area contributed by atoms with Crippen molar-refractivity contribution in [2.75, 3.05) is 47.5 Å². The number of aliphatic hydroxyl groups is 1. The second-order valence-corrected chi connectivity index (χ2v) is 11.8. The summed E-state index contributed by atoms with van der Waals surface area (Å²) in [4.78, 5) is 23.5. The van der Waals surface area contributed by atoms with Gasteiger partial charge in [0.15, 0.2) is 0 Å². The Morgan fingerprint density at radius 1 is 0.886 bits per heavy atom. The minimum absolute atomic E-state index is 0.00762. The Hall–Kier alpha value is -0.760. The Balaban J connectivity index is 3.53. The minimum Gasteiger partial charge on any atom is -0.756 e. The average molecular weight is 522 g/mol. The summed E-state index contributed by atoms with van der Waals surface area (Å²) in [5, 5.41) is 9.80. The first-order valence-corrected chi connectivity index (χ1v) is 14.9. The molecule has 1 unspecified atom stereocenters. The first-order valence-electron chi connectivity index (χ1n) is 13.4. The maximum Gasteiger partial charge on any atom is 0.305 e. The molecule has 0 aromatic carbocycles. The lowest BCUT2D eigenvalue weighted by Gasteiger charge is -2.27. The zero-order valence-corrected chi connectivity index (χ0v) is 23.5. The SMILES string of the molecule is C=CCCCCCCCCCCCCCCCC(=O)OC[C@@H](O)COP(=O)([O-])OCC[N+](C)(C)C. The topological polar surface area (TPSA) is 105 Å². The molecule has 0 aliphatic heterocycles. The summed E-state index contributed by atoms with van der Waals surface area (Å²) < 4.78 is 26.7. The van der Waals surface area contributed by atoms with E-state index in [0.29, 0.717) is 17.4 Å². The Morgan fingerprint density at radius 2 is 1.37 bits per heavy atom.